The van der Waals surface area contributed by atoms with Crippen molar-refractivity contribution in [2.24, 2.45) is 11.3 Å². The number of aryl methyl sites for hydroxylation is 1. The molecule has 2 aromatic carbocycles. The molecule has 0 heterocycles. The number of aliphatic hydroxyl groups excluding tert-OH is 1. The van der Waals surface area contributed by atoms with Crippen molar-refractivity contribution < 1.29 is 24.5 Å². The van der Waals surface area contributed by atoms with Gasteiger partial charge in [0.1, 0.15) is 18.0 Å². The Kier molecular flexibility index (Phi) is 4.21. The van der Waals surface area contributed by atoms with Gasteiger partial charge in [-0.1, -0.05) is 38.1 Å². The normalized spacial score (nSPS) is 28.5. The number of Topliss-reactive ketones (excluding diaryl/α,β-unsaturated/α-hetero) is 1. The van der Waals surface area contributed by atoms with Crippen LogP contribution in [0.5, 0.6) is 5.75 Å². The van der Waals surface area contributed by atoms with Crippen LogP contribution in [-0.4, -0.2) is 34.2 Å². The van der Waals surface area contributed by atoms with Crippen molar-refractivity contribution >= 4 is 28.1 Å². The molecule has 0 aliphatic heterocycles. The van der Waals surface area contributed by atoms with E-state index in [4.69, 9.17) is 4.74 Å². The van der Waals surface area contributed by atoms with Gasteiger partial charge in [-0.15, -0.1) is 0 Å². The number of ether oxygens (including phenoxy) is 1. The highest BCUT2D eigenvalue weighted by Gasteiger charge is 2.61. The summed E-state index contributed by atoms with van der Waals surface area (Å²) >= 11 is 0. The van der Waals surface area contributed by atoms with Gasteiger partial charge in [-0.25, -0.2) is 0 Å². The summed E-state index contributed by atoms with van der Waals surface area (Å²) in [7, 11) is 0. The molecule has 0 amide bonds. The monoisotopic (exact) mass is 380 g/mol. The second-order valence-corrected chi connectivity index (χ2v) is 8.12. The molecule has 5 heteroatoms. The van der Waals surface area contributed by atoms with E-state index in [1.165, 1.54) is 12.5 Å². The molecule has 0 unspecified atom stereocenters. The topological polar surface area (TPSA) is 83.8 Å². The van der Waals surface area contributed by atoms with E-state index >= 15 is 0 Å². The average molecular weight is 380 g/mol. The van der Waals surface area contributed by atoms with Crippen LogP contribution in [0.1, 0.15) is 38.3 Å². The van der Waals surface area contributed by atoms with Gasteiger partial charge in [0, 0.05) is 18.3 Å². The molecule has 146 valence electrons. The summed E-state index contributed by atoms with van der Waals surface area (Å²) in [5.41, 5.74) is 0.850. The predicted molar refractivity (Wildman–Crippen MR) is 106 cm³/mol. The van der Waals surface area contributed by atoms with Crippen molar-refractivity contribution in [1.82, 2.24) is 0 Å². The molecule has 0 aromatic heterocycles. The first-order chi connectivity index (χ1) is 13.2. The van der Waals surface area contributed by atoms with Crippen LogP contribution in [0.15, 0.2) is 36.4 Å². The van der Waals surface area contributed by atoms with E-state index in [1.54, 1.807) is 6.07 Å². The van der Waals surface area contributed by atoms with Crippen LogP contribution in [0.25, 0.3) is 16.3 Å². The molecule has 2 N–H and O–H groups in total. The van der Waals surface area contributed by atoms with E-state index in [2.05, 4.69) is 0 Å². The first-order valence-electron chi connectivity index (χ1n) is 9.55. The van der Waals surface area contributed by atoms with Crippen LogP contribution in [0.2, 0.25) is 0 Å². The van der Waals surface area contributed by atoms with Gasteiger partial charge >= 0.3 is 5.97 Å². The molecule has 2 aliphatic carbocycles. The van der Waals surface area contributed by atoms with Crippen molar-refractivity contribution in [3.05, 3.63) is 47.5 Å². The second kappa shape index (κ2) is 6.26. The quantitative estimate of drug-likeness (QED) is 0.632. The zero-order valence-corrected chi connectivity index (χ0v) is 16.3. The zero-order valence-electron chi connectivity index (χ0n) is 16.3. The highest BCUT2D eigenvalue weighted by molar-refractivity contribution is 5.99. The number of fused-ring (bicyclic) bond motifs is 5. The highest BCUT2D eigenvalue weighted by atomic mass is 16.5. The van der Waals surface area contributed by atoms with Gasteiger partial charge in [0.05, 0.1) is 0 Å². The van der Waals surface area contributed by atoms with E-state index in [9.17, 15) is 19.8 Å². The van der Waals surface area contributed by atoms with E-state index in [-0.39, 0.29) is 11.9 Å². The SMILES string of the molecule is CC(=O)Oc1ccc2c3c(ccc2c1)C1=C[C@@H](C)[C@](O)(C(=O)CO)[C@@]1(C)CC3. The Balaban J connectivity index is 1.84. The lowest BCUT2D eigenvalue weighted by Gasteiger charge is -2.45. The summed E-state index contributed by atoms with van der Waals surface area (Å²) in [6.07, 6.45) is 3.30. The minimum absolute atomic E-state index is 0.356. The standard InChI is InChI=1S/C23H24O5/c1-13-10-20-19-6-4-15-11-16(28-14(2)25)5-7-17(15)18(19)8-9-22(20,3)23(13,27)21(26)12-24/h4-7,10-11,13,24,27H,8-9,12H2,1-3H3/t13-,22+,23+/m1/s1. The number of hydrogen-bond donors (Lipinski definition) is 2. The maximum Gasteiger partial charge on any atom is 0.308 e. The lowest BCUT2D eigenvalue weighted by molar-refractivity contribution is -0.155. The van der Waals surface area contributed by atoms with E-state index < -0.39 is 23.4 Å². The van der Waals surface area contributed by atoms with Crippen molar-refractivity contribution in [3.8, 4) is 5.75 Å². The summed E-state index contributed by atoms with van der Waals surface area (Å²) in [6, 6.07) is 9.58. The molecule has 0 radical (unpaired) electrons. The molecule has 0 saturated heterocycles. The Hall–Kier alpha value is -2.50. The van der Waals surface area contributed by atoms with Gasteiger partial charge in [0.25, 0.3) is 0 Å². The maximum atomic E-state index is 12.5. The van der Waals surface area contributed by atoms with Gasteiger partial charge < -0.3 is 14.9 Å². The molecule has 2 aliphatic rings. The summed E-state index contributed by atoms with van der Waals surface area (Å²) in [6.45, 7) is 4.46. The molecular weight excluding hydrogens is 356 g/mol. The Morgan fingerprint density at radius 2 is 2.00 bits per heavy atom. The molecule has 0 saturated carbocycles. The van der Waals surface area contributed by atoms with Gasteiger partial charge in [0.2, 0.25) is 0 Å². The number of ketones is 1. The van der Waals surface area contributed by atoms with E-state index in [1.807, 2.05) is 44.2 Å². The van der Waals surface area contributed by atoms with Crippen LogP contribution in [0.3, 0.4) is 0 Å². The summed E-state index contributed by atoms with van der Waals surface area (Å²) < 4.78 is 5.19. The Morgan fingerprint density at radius 3 is 2.68 bits per heavy atom. The molecule has 5 nitrogen and oxygen atoms in total. The lowest BCUT2D eigenvalue weighted by atomic mass is 9.60. The molecule has 0 fully saturated rings. The highest BCUT2D eigenvalue weighted by Crippen LogP contribution is 2.59. The summed E-state index contributed by atoms with van der Waals surface area (Å²) in [5, 5.41) is 22.8. The van der Waals surface area contributed by atoms with Crippen LogP contribution in [-0.2, 0) is 16.0 Å². The molecule has 0 bridgehead atoms. The van der Waals surface area contributed by atoms with Gasteiger partial charge in [0.15, 0.2) is 5.78 Å². The predicted octanol–water partition coefficient (Wildman–Crippen LogP) is 3.04. The Bertz CT molecular complexity index is 1040. The number of carbonyl (C=O) groups is 2. The van der Waals surface area contributed by atoms with Crippen LogP contribution in [0, 0.1) is 11.3 Å². The van der Waals surface area contributed by atoms with Gasteiger partial charge in [-0.2, -0.15) is 0 Å². The third kappa shape index (κ3) is 2.39. The first-order valence-corrected chi connectivity index (χ1v) is 9.55. The average Bonchev–Trinajstić information content (AvgIpc) is 2.87. The van der Waals surface area contributed by atoms with Crippen molar-refractivity contribution in [1.29, 1.82) is 0 Å². The fourth-order valence-corrected chi connectivity index (χ4v) is 5.16. The lowest BCUT2D eigenvalue weighted by Crippen LogP contribution is -2.56. The molecule has 28 heavy (non-hydrogen) atoms. The Labute approximate surface area is 163 Å². The largest absolute Gasteiger partial charge is 0.427 e. The minimum Gasteiger partial charge on any atom is -0.427 e. The maximum absolute atomic E-state index is 12.5. The third-order valence-corrected chi connectivity index (χ3v) is 6.61. The minimum atomic E-state index is -1.59. The molecule has 4 rings (SSSR count). The molecule has 2 aromatic rings. The van der Waals surface area contributed by atoms with Crippen molar-refractivity contribution in [2.45, 2.75) is 39.2 Å². The van der Waals surface area contributed by atoms with Crippen molar-refractivity contribution in [2.75, 3.05) is 6.61 Å². The van der Waals surface area contributed by atoms with E-state index in [0.29, 0.717) is 18.6 Å². The van der Waals surface area contributed by atoms with Gasteiger partial charge in [-0.05, 0) is 52.4 Å². The van der Waals surface area contributed by atoms with Crippen LogP contribution < -0.4 is 4.74 Å². The Morgan fingerprint density at radius 1 is 1.25 bits per heavy atom. The molecule has 0 spiro atoms. The summed E-state index contributed by atoms with van der Waals surface area (Å²) in [5.74, 6) is -0.743. The summed E-state index contributed by atoms with van der Waals surface area (Å²) in [4.78, 5) is 23.7. The van der Waals surface area contributed by atoms with E-state index in [0.717, 1.165) is 21.9 Å². The van der Waals surface area contributed by atoms with Gasteiger partial charge in [-0.3, -0.25) is 9.59 Å². The van der Waals surface area contributed by atoms with Crippen molar-refractivity contribution in [3.63, 3.8) is 0 Å². The fourth-order valence-electron chi connectivity index (χ4n) is 5.16. The number of hydrogen-bond acceptors (Lipinski definition) is 5. The number of benzene rings is 2. The first kappa shape index (κ1) is 18.8. The smallest absolute Gasteiger partial charge is 0.308 e. The van der Waals surface area contributed by atoms with Crippen LogP contribution >= 0.6 is 0 Å². The molecular formula is C23H24O5. The number of rotatable bonds is 3. The molecule has 3 atom stereocenters. The third-order valence-electron chi connectivity index (χ3n) is 6.61. The number of carbonyl (C=O) groups excluding carboxylic acids is 2. The van der Waals surface area contributed by atoms with Crippen LogP contribution in [0.4, 0.5) is 0 Å². The number of aliphatic hydroxyl groups is 2. The zero-order chi connectivity index (χ0) is 20.3. The fraction of sp³-hybridized carbons (Fsp3) is 0.391. The second-order valence-electron chi connectivity index (χ2n) is 8.12. The number of esters is 1.